The average Bonchev–Trinajstić information content (AvgIpc) is 2.25. The van der Waals surface area contributed by atoms with Crippen molar-refractivity contribution in [2.45, 2.75) is 0 Å². The zero-order chi connectivity index (χ0) is 11.1. The molecule has 1 amide bonds. The summed E-state index contributed by atoms with van der Waals surface area (Å²) < 4.78 is 0. The van der Waals surface area contributed by atoms with Crippen molar-refractivity contribution in [2.24, 2.45) is 0 Å². The third-order valence-corrected chi connectivity index (χ3v) is 1.90. The molecule has 0 aliphatic carbocycles. The van der Waals surface area contributed by atoms with Crippen LogP contribution in [-0.4, -0.2) is 24.0 Å². The third kappa shape index (κ3) is 3.88. The Balaban J connectivity index is 2.41. The van der Waals surface area contributed by atoms with Gasteiger partial charge in [0, 0.05) is 12.4 Å². The fraction of sp³-hybridized carbons (Fsp3) is 0.200. The van der Waals surface area contributed by atoms with Crippen molar-refractivity contribution in [3.8, 4) is 12.3 Å². The maximum absolute atomic E-state index is 11.2. The van der Waals surface area contributed by atoms with E-state index in [4.69, 9.17) is 18.0 Å². The fourth-order valence-electron chi connectivity index (χ4n) is 0.906. The van der Waals surface area contributed by atoms with Gasteiger partial charge in [0.05, 0.1) is 23.8 Å². The van der Waals surface area contributed by atoms with Crippen LogP contribution < -0.4 is 10.6 Å². The molecule has 0 atom stereocenters. The summed E-state index contributed by atoms with van der Waals surface area (Å²) in [5.41, 5.74) is 0.669. The lowest BCUT2D eigenvalue weighted by Crippen LogP contribution is -2.30. The Bertz CT molecular complexity index is 386. The van der Waals surface area contributed by atoms with Gasteiger partial charge in [-0.1, -0.05) is 17.5 Å². The van der Waals surface area contributed by atoms with Crippen molar-refractivity contribution in [3.63, 3.8) is 0 Å². The Morgan fingerprint density at radius 1 is 1.67 bits per heavy atom. The lowest BCUT2D eigenvalue weighted by atomic mass is 10.4. The molecule has 0 unspecified atom stereocenters. The highest BCUT2D eigenvalue weighted by atomic mass is 35.5. The highest BCUT2D eigenvalue weighted by molar-refractivity contribution is 6.33. The summed E-state index contributed by atoms with van der Waals surface area (Å²) in [4.78, 5) is 15.0. The van der Waals surface area contributed by atoms with Crippen LogP contribution in [0, 0.1) is 12.3 Å². The highest BCUT2D eigenvalue weighted by Gasteiger charge is 2.02. The Morgan fingerprint density at radius 3 is 3.13 bits per heavy atom. The number of halogens is 1. The van der Waals surface area contributed by atoms with E-state index in [2.05, 4.69) is 21.5 Å². The van der Waals surface area contributed by atoms with Crippen LogP contribution in [0.5, 0.6) is 0 Å². The molecule has 2 N–H and O–H groups in total. The number of aromatic nitrogens is 1. The van der Waals surface area contributed by atoms with Crippen molar-refractivity contribution in [1.29, 1.82) is 0 Å². The Kier molecular flexibility index (Phi) is 4.45. The maximum Gasteiger partial charge on any atom is 0.240 e. The minimum atomic E-state index is -0.180. The van der Waals surface area contributed by atoms with Gasteiger partial charge in [-0.05, 0) is 6.07 Å². The molecule has 0 spiro atoms. The molecular weight excluding hydrogens is 214 g/mol. The number of rotatable bonds is 4. The lowest BCUT2D eigenvalue weighted by molar-refractivity contribution is -0.119. The predicted octanol–water partition coefficient (Wildman–Crippen LogP) is 0.896. The molecule has 15 heavy (non-hydrogen) atoms. The summed E-state index contributed by atoms with van der Waals surface area (Å²) >= 11 is 5.82. The molecular formula is C10H10ClN3O. The highest BCUT2D eigenvalue weighted by Crippen LogP contribution is 2.18. The van der Waals surface area contributed by atoms with E-state index in [0.29, 0.717) is 10.7 Å². The lowest BCUT2D eigenvalue weighted by Gasteiger charge is -2.06. The first-order valence-electron chi connectivity index (χ1n) is 4.27. The fourth-order valence-corrected chi connectivity index (χ4v) is 1.09. The second-order valence-corrected chi connectivity index (χ2v) is 3.10. The Morgan fingerprint density at radius 2 is 2.47 bits per heavy atom. The monoisotopic (exact) mass is 223 g/mol. The van der Waals surface area contributed by atoms with Crippen molar-refractivity contribution >= 4 is 23.2 Å². The van der Waals surface area contributed by atoms with Gasteiger partial charge in [-0.15, -0.1) is 6.42 Å². The van der Waals surface area contributed by atoms with Crippen LogP contribution in [0.2, 0.25) is 5.02 Å². The first kappa shape index (κ1) is 11.3. The molecule has 0 aliphatic heterocycles. The van der Waals surface area contributed by atoms with Crippen LogP contribution in [-0.2, 0) is 4.79 Å². The molecule has 0 aromatic carbocycles. The molecule has 0 bridgehead atoms. The van der Waals surface area contributed by atoms with E-state index in [1.807, 2.05) is 0 Å². The quantitative estimate of drug-likeness (QED) is 0.746. The molecule has 1 aromatic rings. The number of nitrogens with one attached hydrogen (secondary N) is 2. The molecule has 0 saturated carbocycles. The van der Waals surface area contributed by atoms with Crippen LogP contribution in [0.15, 0.2) is 18.5 Å². The van der Waals surface area contributed by atoms with Gasteiger partial charge in [0.2, 0.25) is 5.91 Å². The van der Waals surface area contributed by atoms with Crippen LogP contribution in [0.25, 0.3) is 0 Å². The molecule has 0 radical (unpaired) electrons. The van der Waals surface area contributed by atoms with E-state index in [1.54, 1.807) is 12.3 Å². The van der Waals surface area contributed by atoms with Gasteiger partial charge in [0.15, 0.2) is 0 Å². The molecule has 0 saturated heterocycles. The van der Waals surface area contributed by atoms with E-state index >= 15 is 0 Å². The third-order valence-electron chi connectivity index (χ3n) is 1.60. The van der Waals surface area contributed by atoms with E-state index in [-0.39, 0.29) is 19.0 Å². The molecule has 0 fully saturated rings. The Hall–Kier alpha value is -1.73. The summed E-state index contributed by atoms with van der Waals surface area (Å²) in [7, 11) is 0. The smallest absolute Gasteiger partial charge is 0.240 e. The minimum Gasteiger partial charge on any atom is -0.375 e. The zero-order valence-electron chi connectivity index (χ0n) is 7.96. The molecule has 0 aliphatic rings. The van der Waals surface area contributed by atoms with Crippen molar-refractivity contribution in [1.82, 2.24) is 10.3 Å². The molecule has 78 valence electrons. The second-order valence-electron chi connectivity index (χ2n) is 2.69. The van der Waals surface area contributed by atoms with Crippen molar-refractivity contribution < 1.29 is 4.79 Å². The topological polar surface area (TPSA) is 54.0 Å². The van der Waals surface area contributed by atoms with Crippen LogP contribution in [0.1, 0.15) is 0 Å². The van der Waals surface area contributed by atoms with Gasteiger partial charge in [-0.2, -0.15) is 0 Å². The van der Waals surface area contributed by atoms with Gasteiger partial charge in [-0.25, -0.2) is 0 Å². The van der Waals surface area contributed by atoms with Gasteiger partial charge in [-0.3, -0.25) is 9.78 Å². The summed E-state index contributed by atoms with van der Waals surface area (Å²) in [6.45, 7) is 0.357. The number of terminal acetylenes is 1. The van der Waals surface area contributed by atoms with Crippen LogP contribution in [0.4, 0.5) is 5.69 Å². The molecule has 4 nitrogen and oxygen atoms in total. The number of amides is 1. The van der Waals surface area contributed by atoms with Gasteiger partial charge in [0.1, 0.15) is 0 Å². The Labute approximate surface area is 93.0 Å². The van der Waals surface area contributed by atoms with E-state index < -0.39 is 0 Å². The number of anilines is 1. The normalized spacial score (nSPS) is 9.07. The molecule has 1 rings (SSSR count). The average molecular weight is 224 g/mol. The van der Waals surface area contributed by atoms with Gasteiger partial charge in [0.25, 0.3) is 0 Å². The molecule has 1 heterocycles. The number of nitrogens with zero attached hydrogens (tertiary/aromatic N) is 1. The second kappa shape index (κ2) is 5.89. The first-order valence-corrected chi connectivity index (χ1v) is 4.65. The SMILES string of the molecule is C#CCNC(=O)CNc1ccncc1Cl. The number of pyridine rings is 1. The molecule has 5 heteroatoms. The van der Waals surface area contributed by atoms with Crippen molar-refractivity contribution in [2.75, 3.05) is 18.4 Å². The predicted molar refractivity (Wildman–Crippen MR) is 59.6 cm³/mol. The number of hydrogen-bond donors (Lipinski definition) is 2. The van der Waals surface area contributed by atoms with Crippen LogP contribution >= 0.6 is 11.6 Å². The number of hydrogen-bond acceptors (Lipinski definition) is 3. The van der Waals surface area contributed by atoms with Crippen molar-refractivity contribution in [3.05, 3.63) is 23.5 Å². The summed E-state index contributed by atoms with van der Waals surface area (Å²) in [6.07, 6.45) is 8.09. The van der Waals surface area contributed by atoms with Crippen LogP contribution in [0.3, 0.4) is 0 Å². The van der Waals surface area contributed by atoms with E-state index in [0.717, 1.165) is 0 Å². The minimum absolute atomic E-state index is 0.130. The maximum atomic E-state index is 11.2. The largest absolute Gasteiger partial charge is 0.375 e. The zero-order valence-corrected chi connectivity index (χ0v) is 8.71. The van der Waals surface area contributed by atoms with Gasteiger partial charge < -0.3 is 10.6 Å². The van der Waals surface area contributed by atoms with Gasteiger partial charge >= 0.3 is 0 Å². The summed E-state index contributed by atoms with van der Waals surface area (Å²) in [5, 5.41) is 5.87. The summed E-state index contributed by atoms with van der Waals surface area (Å²) in [5.74, 6) is 2.13. The number of carbonyl (C=O) groups excluding carboxylic acids is 1. The summed E-state index contributed by atoms with van der Waals surface area (Å²) in [6, 6.07) is 1.69. The molecule has 1 aromatic heterocycles. The van der Waals surface area contributed by atoms with E-state index in [9.17, 15) is 4.79 Å². The number of carbonyl (C=O) groups is 1. The standard InChI is InChI=1S/C10H10ClN3O/c1-2-4-13-10(15)7-14-9-3-5-12-6-8(9)11/h1,3,5-6H,4,7H2,(H,12,14)(H,13,15). The van der Waals surface area contributed by atoms with E-state index in [1.165, 1.54) is 6.20 Å². The first-order chi connectivity index (χ1) is 7.24.